The second-order valence-corrected chi connectivity index (χ2v) is 11.4. The van der Waals surface area contributed by atoms with Crippen LogP contribution in [0.15, 0.2) is 48.8 Å². The summed E-state index contributed by atoms with van der Waals surface area (Å²) in [5.41, 5.74) is 1.90. The van der Waals surface area contributed by atoms with Crippen molar-refractivity contribution in [2.24, 2.45) is 0 Å². The van der Waals surface area contributed by atoms with Gasteiger partial charge in [0.05, 0.1) is 30.0 Å². The number of nitrogens with one attached hydrogen (secondary N) is 2. The fraction of sp³-hybridized carbons (Fsp3) is 0.448. The number of hydrogen-bond acceptors (Lipinski definition) is 11. The maximum atomic E-state index is 13.6. The van der Waals surface area contributed by atoms with Gasteiger partial charge in [0.25, 0.3) is 5.91 Å². The molecule has 0 spiro atoms. The van der Waals surface area contributed by atoms with Gasteiger partial charge in [0.1, 0.15) is 23.7 Å². The first-order valence-electron chi connectivity index (χ1n) is 14.2. The molecular weight excluding hydrogens is 596 g/mol. The lowest BCUT2D eigenvalue weighted by Gasteiger charge is -2.32. The van der Waals surface area contributed by atoms with Gasteiger partial charge in [-0.2, -0.15) is 9.19 Å². The summed E-state index contributed by atoms with van der Waals surface area (Å²) in [6.07, 6.45) is 5.50. The van der Waals surface area contributed by atoms with Gasteiger partial charge < -0.3 is 25.0 Å². The van der Waals surface area contributed by atoms with E-state index >= 15 is 0 Å². The zero-order valence-corrected chi connectivity index (χ0v) is 25.4. The fourth-order valence-electron chi connectivity index (χ4n) is 4.82. The van der Waals surface area contributed by atoms with Crippen LogP contribution in [0, 0.1) is 0 Å². The first-order chi connectivity index (χ1) is 21.0. The molecule has 14 heteroatoms. The second kappa shape index (κ2) is 15.4. The van der Waals surface area contributed by atoms with Gasteiger partial charge in [0, 0.05) is 32.0 Å². The lowest BCUT2D eigenvalue weighted by molar-refractivity contribution is 0.0570. The van der Waals surface area contributed by atoms with E-state index in [0.29, 0.717) is 54.6 Å². The molecule has 2 N–H and O–H groups in total. The van der Waals surface area contributed by atoms with Crippen molar-refractivity contribution in [3.8, 4) is 11.8 Å². The van der Waals surface area contributed by atoms with Crippen molar-refractivity contribution in [2.75, 3.05) is 38.6 Å². The highest BCUT2D eigenvalue weighted by atomic mass is 35.5. The normalized spacial score (nSPS) is 16.9. The third kappa shape index (κ3) is 8.83. The van der Waals surface area contributed by atoms with E-state index in [1.807, 2.05) is 24.3 Å². The predicted molar refractivity (Wildman–Crippen MR) is 161 cm³/mol. The van der Waals surface area contributed by atoms with Crippen molar-refractivity contribution in [1.82, 2.24) is 25.2 Å². The third-order valence-corrected chi connectivity index (χ3v) is 8.35. The van der Waals surface area contributed by atoms with Crippen molar-refractivity contribution in [1.29, 1.82) is 0 Å². The average Bonchev–Trinajstić information content (AvgIpc) is 3.04. The van der Waals surface area contributed by atoms with Gasteiger partial charge in [-0.1, -0.05) is 23.7 Å². The minimum absolute atomic E-state index is 0.0699. The molecule has 1 aromatic carbocycles. The van der Waals surface area contributed by atoms with Gasteiger partial charge in [-0.25, -0.2) is 4.98 Å². The molecule has 0 aliphatic carbocycles. The van der Waals surface area contributed by atoms with E-state index in [4.69, 9.17) is 29.4 Å². The molecular formula is C29H35ClN6O6S. The molecule has 1 amide bonds. The van der Waals surface area contributed by atoms with Gasteiger partial charge >= 0.3 is 17.4 Å². The van der Waals surface area contributed by atoms with Gasteiger partial charge in [-0.15, -0.1) is 0 Å². The van der Waals surface area contributed by atoms with Crippen LogP contribution in [0.5, 0.6) is 11.8 Å². The molecule has 43 heavy (non-hydrogen) atoms. The highest BCUT2D eigenvalue weighted by Gasteiger charge is 2.29. The number of methoxy groups -OCH3 is 1. The van der Waals surface area contributed by atoms with Crippen LogP contribution >= 0.6 is 11.6 Å². The Hall–Kier alpha value is -3.36. The second-order valence-electron chi connectivity index (χ2n) is 10.2. The van der Waals surface area contributed by atoms with Gasteiger partial charge in [0.15, 0.2) is 0 Å². The molecule has 2 aliphatic rings. The molecule has 2 saturated heterocycles. The van der Waals surface area contributed by atoms with E-state index in [2.05, 4.69) is 25.6 Å². The number of ether oxygens (including phenoxy) is 2. The standard InChI is InChI=1S/C29H35ClN6O6S/c1-39-26-6-5-20(16-25(26)30)17-33-27-24(18-34-29(35-27)40-19-21-4-2-3-11-32-21)28(37)36-14-9-23(10-15-36)42-43(38)41-22-7-12-31-13-8-22/h2-6,11,16,18,22-23,31H,7-10,12-15,17,19H2,1H3,(H,33,34,35). The number of amides is 1. The topological polar surface area (TPSA) is 137 Å². The van der Waals surface area contributed by atoms with Crippen molar-refractivity contribution in [3.63, 3.8) is 0 Å². The fourth-order valence-corrected chi connectivity index (χ4v) is 5.97. The van der Waals surface area contributed by atoms with Crippen molar-refractivity contribution in [2.45, 2.75) is 51.0 Å². The van der Waals surface area contributed by atoms with Gasteiger partial charge in [-0.3, -0.25) is 18.1 Å². The number of anilines is 1. The van der Waals surface area contributed by atoms with Crippen molar-refractivity contribution >= 4 is 34.7 Å². The summed E-state index contributed by atoms with van der Waals surface area (Å²) in [4.78, 5) is 28.4. The zero-order valence-electron chi connectivity index (χ0n) is 23.9. The van der Waals surface area contributed by atoms with E-state index in [1.54, 1.807) is 30.3 Å². The van der Waals surface area contributed by atoms with Crippen LogP contribution in [0.4, 0.5) is 5.82 Å². The number of aromatic nitrogens is 3. The van der Waals surface area contributed by atoms with Gasteiger partial charge in [0.2, 0.25) is 0 Å². The number of pyridine rings is 1. The Morgan fingerprint density at radius 1 is 1.09 bits per heavy atom. The highest BCUT2D eigenvalue weighted by Crippen LogP contribution is 2.27. The first kappa shape index (κ1) is 31.1. The number of piperidine rings is 2. The molecule has 1 unspecified atom stereocenters. The summed E-state index contributed by atoms with van der Waals surface area (Å²) in [5, 5.41) is 6.98. The Morgan fingerprint density at radius 2 is 1.86 bits per heavy atom. The molecule has 2 aliphatic heterocycles. The molecule has 1 atom stereocenters. The van der Waals surface area contributed by atoms with Gasteiger partial charge in [-0.05, 0) is 68.6 Å². The smallest absolute Gasteiger partial charge is 0.318 e. The summed E-state index contributed by atoms with van der Waals surface area (Å²) in [6, 6.07) is 11.1. The molecule has 0 bridgehead atoms. The summed E-state index contributed by atoms with van der Waals surface area (Å²) in [7, 11) is 1.56. The number of carbonyl (C=O) groups excluding carboxylic acids is 1. The Kier molecular flexibility index (Phi) is 11.1. The summed E-state index contributed by atoms with van der Waals surface area (Å²) >= 11 is 4.49. The number of carbonyl (C=O) groups is 1. The van der Waals surface area contributed by atoms with Crippen LogP contribution in [-0.4, -0.2) is 75.5 Å². The molecule has 2 fully saturated rings. The quantitative estimate of drug-likeness (QED) is 0.303. The predicted octanol–water partition coefficient (Wildman–Crippen LogP) is 3.69. The zero-order chi connectivity index (χ0) is 30.0. The van der Waals surface area contributed by atoms with Crippen LogP contribution in [0.2, 0.25) is 5.02 Å². The molecule has 12 nitrogen and oxygen atoms in total. The molecule has 230 valence electrons. The summed E-state index contributed by atoms with van der Waals surface area (Å²) in [5.74, 6) is 0.678. The molecule has 4 heterocycles. The minimum atomic E-state index is -1.82. The first-order valence-corrected chi connectivity index (χ1v) is 15.6. The van der Waals surface area contributed by atoms with E-state index in [1.165, 1.54) is 6.20 Å². The van der Waals surface area contributed by atoms with E-state index in [-0.39, 0.29) is 30.7 Å². The largest absolute Gasteiger partial charge is 0.495 e. The van der Waals surface area contributed by atoms with Crippen LogP contribution < -0.4 is 20.1 Å². The van der Waals surface area contributed by atoms with E-state index < -0.39 is 11.4 Å². The van der Waals surface area contributed by atoms with E-state index in [9.17, 15) is 9.00 Å². The lowest BCUT2D eigenvalue weighted by atomic mass is 10.1. The van der Waals surface area contributed by atoms with Crippen molar-refractivity contribution < 1.29 is 26.8 Å². The Balaban J connectivity index is 1.23. The molecule has 0 saturated carbocycles. The lowest BCUT2D eigenvalue weighted by Crippen LogP contribution is -2.41. The maximum absolute atomic E-state index is 13.6. The Morgan fingerprint density at radius 3 is 2.56 bits per heavy atom. The van der Waals surface area contributed by atoms with Crippen LogP contribution in [0.1, 0.15) is 47.3 Å². The van der Waals surface area contributed by atoms with E-state index in [0.717, 1.165) is 37.2 Å². The number of nitrogens with zero attached hydrogens (tertiary/aromatic N) is 4. The minimum Gasteiger partial charge on any atom is -0.495 e. The SMILES string of the molecule is COc1ccc(CNc2nc(OCc3ccccn3)ncc2C(=O)N2CCC(OS(=O)OC3CCNCC3)CC2)cc1Cl. The Bertz CT molecular complexity index is 1390. The number of halogens is 1. The average molecular weight is 631 g/mol. The number of likely N-dealkylation sites (tertiary alicyclic amines) is 1. The molecule has 5 rings (SSSR count). The molecule has 2 aromatic heterocycles. The van der Waals surface area contributed by atoms with Crippen LogP contribution in [0.25, 0.3) is 0 Å². The Labute approximate surface area is 258 Å². The number of rotatable bonds is 12. The maximum Gasteiger partial charge on any atom is 0.318 e. The monoisotopic (exact) mass is 630 g/mol. The number of benzene rings is 1. The van der Waals surface area contributed by atoms with Crippen LogP contribution in [0.3, 0.4) is 0 Å². The summed E-state index contributed by atoms with van der Waals surface area (Å²) < 4.78 is 34.6. The molecule has 3 aromatic rings. The number of hydrogen-bond donors (Lipinski definition) is 2. The van der Waals surface area contributed by atoms with Crippen molar-refractivity contribution in [3.05, 3.63) is 70.6 Å². The highest BCUT2D eigenvalue weighted by molar-refractivity contribution is 7.75. The van der Waals surface area contributed by atoms with Crippen LogP contribution in [-0.2, 0) is 32.9 Å². The summed E-state index contributed by atoms with van der Waals surface area (Å²) in [6.45, 7) is 3.07. The third-order valence-electron chi connectivity index (χ3n) is 7.19. The molecule has 0 radical (unpaired) electrons.